The first-order valence-corrected chi connectivity index (χ1v) is 8.93. The predicted octanol–water partition coefficient (Wildman–Crippen LogP) is 4.84. The van der Waals surface area contributed by atoms with E-state index in [2.05, 4.69) is 27.1 Å². The molecule has 0 amide bonds. The molecule has 2 atom stereocenters. The van der Waals surface area contributed by atoms with Gasteiger partial charge >= 0.3 is 0 Å². The molecular formula is C21H18FN3O2. The Kier molecular flexibility index (Phi) is 3.70. The Morgan fingerprint density at radius 2 is 2.15 bits per heavy atom. The fourth-order valence-electron chi connectivity index (χ4n) is 3.66. The lowest BCUT2D eigenvalue weighted by Crippen LogP contribution is -1.90. The monoisotopic (exact) mass is 363 g/mol. The van der Waals surface area contributed by atoms with Crippen LogP contribution in [0.3, 0.4) is 0 Å². The van der Waals surface area contributed by atoms with Crippen LogP contribution in [0, 0.1) is 17.7 Å². The largest absolute Gasteiger partial charge is 0.501 e. The summed E-state index contributed by atoms with van der Waals surface area (Å²) < 4.78 is 24.7. The highest BCUT2D eigenvalue weighted by Crippen LogP contribution is 2.49. The van der Waals surface area contributed by atoms with Gasteiger partial charge in [0, 0.05) is 17.7 Å². The SMILES string of the molecule is COC1=CCC(c2cc3c(Oc4cccc(F)c4)ncnc3[nH]2)=CC2CC12. The van der Waals surface area contributed by atoms with Gasteiger partial charge in [-0.15, -0.1) is 0 Å². The number of aromatic nitrogens is 3. The van der Waals surface area contributed by atoms with Gasteiger partial charge in [-0.1, -0.05) is 12.1 Å². The summed E-state index contributed by atoms with van der Waals surface area (Å²) in [5.74, 6) is 2.59. The second kappa shape index (κ2) is 6.23. The number of halogens is 1. The molecule has 2 aromatic heterocycles. The highest BCUT2D eigenvalue weighted by atomic mass is 19.1. The summed E-state index contributed by atoms with van der Waals surface area (Å²) >= 11 is 0. The zero-order valence-corrected chi connectivity index (χ0v) is 14.8. The molecule has 0 saturated heterocycles. The Hall–Kier alpha value is -3.15. The molecule has 6 heteroatoms. The van der Waals surface area contributed by atoms with Gasteiger partial charge < -0.3 is 14.5 Å². The van der Waals surface area contributed by atoms with Crippen molar-refractivity contribution < 1.29 is 13.9 Å². The smallest absolute Gasteiger partial charge is 0.231 e. The second-order valence-electron chi connectivity index (χ2n) is 6.90. The average molecular weight is 363 g/mol. The molecule has 3 aromatic rings. The number of hydrogen-bond acceptors (Lipinski definition) is 4. The molecule has 0 aliphatic heterocycles. The number of allylic oxidation sites excluding steroid dienone is 4. The zero-order valence-electron chi connectivity index (χ0n) is 14.8. The van der Waals surface area contributed by atoms with Gasteiger partial charge in [-0.25, -0.2) is 14.4 Å². The van der Waals surface area contributed by atoms with Crippen molar-refractivity contribution in [1.82, 2.24) is 15.0 Å². The van der Waals surface area contributed by atoms with Gasteiger partial charge in [-0.3, -0.25) is 0 Å². The van der Waals surface area contributed by atoms with E-state index in [-0.39, 0.29) is 5.82 Å². The predicted molar refractivity (Wildman–Crippen MR) is 99.6 cm³/mol. The van der Waals surface area contributed by atoms with Gasteiger partial charge in [0.1, 0.15) is 23.5 Å². The third-order valence-electron chi connectivity index (χ3n) is 5.13. The van der Waals surface area contributed by atoms with E-state index in [9.17, 15) is 4.39 Å². The highest BCUT2D eigenvalue weighted by molar-refractivity contribution is 5.86. The van der Waals surface area contributed by atoms with Crippen LogP contribution < -0.4 is 4.74 Å². The average Bonchev–Trinajstić information content (AvgIpc) is 3.31. The van der Waals surface area contributed by atoms with Gasteiger partial charge in [-0.2, -0.15) is 0 Å². The van der Waals surface area contributed by atoms with Crippen molar-refractivity contribution in [2.24, 2.45) is 11.8 Å². The van der Waals surface area contributed by atoms with Crippen LogP contribution in [0.2, 0.25) is 0 Å². The lowest BCUT2D eigenvalue weighted by Gasteiger charge is -2.04. The fourth-order valence-corrected chi connectivity index (χ4v) is 3.66. The van der Waals surface area contributed by atoms with Crippen LogP contribution in [0.4, 0.5) is 4.39 Å². The minimum Gasteiger partial charge on any atom is -0.501 e. The van der Waals surface area contributed by atoms with Crippen LogP contribution in [0.1, 0.15) is 18.5 Å². The molecule has 2 aliphatic rings. The Morgan fingerprint density at radius 3 is 3.00 bits per heavy atom. The first-order valence-electron chi connectivity index (χ1n) is 8.93. The summed E-state index contributed by atoms with van der Waals surface area (Å²) in [6.07, 6.45) is 7.86. The van der Waals surface area contributed by atoms with Crippen LogP contribution in [0.5, 0.6) is 11.6 Å². The van der Waals surface area contributed by atoms with Crippen molar-refractivity contribution in [3.63, 3.8) is 0 Å². The minimum atomic E-state index is -0.351. The molecule has 1 aromatic carbocycles. The first kappa shape index (κ1) is 16.1. The maximum Gasteiger partial charge on any atom is 0.231 e. The van der Waals surface area contributed by atoms with Crippen LogP contribution in [-0.2, 0) is 4.74 Å². The normalized spacial score (nSPS) is 21.1. The molecule has 1 N–H and O–H groups in total. The summed E-state index contributed by atoms with van der Waals surface area (Å²) in [5, 5.41) is 0.769. The number of methoxy groups -OCH3 is 1. The molecule has 5 rings (SSSR count). The van der Waals surface area contributed by atoms with Crippen LogP contribution in [-0.4, -0.2) is 22.1 Å². The lowest BCUT2D eigenvalue weighted by molar-refractivity contribution is 0.267. The zero-order chi connectivity index (χ0) is 18.4. The summed E-state index contributed by atoms with van der Waals surface area (Å²) in [4.78, 5) is 11.9. The van der Waals surface area contributed by atoms with E-state index in [1.807, 2.05) is 6.07 Å². The summed E-state index contributed by atoms with van der Waals surface area (Å²) in [7, 11) is 1.74. The Morgan fingerprint density at radius 1 is 1.22 bits per heavy atom. The third-order valence-corrected chi connectivity index (χ3v) is 5.13. The molecule has 0 radical (unpaired) electrons. The molecule has 5 nitrogen and oxygen atoms in total. The van der Waals surface area contributed by atoms with Gasteiger partial charge in [0.15, 0.2) is 0 Å². The van der Waals surface area contributed by atoms with Crippen LogP contribution >= 0.6 is 0 Å². The molecule has 2 heterocycles. The molecule has 0 spiro atoms. The number of aromatic amines is 1. The number of fused-ring (bicyclic) bond motifs is 2. The van der Waals surface area contributed by atoms with Crippen molar-refractivity contribution in [2.45, 2.75) is 12.8 Å². The van der Waals surface area contributed by atoms with Crippen molar-refractivity contribution in [3.05, 3.63) is 66.1 Å². The highest BCUT2D eigenvalue weighted by Gasteiger charge is 2.40. The van der Waals surface area contributed by atoms with Gasteiger partial charge in [0.25, 0.3) is 0 Å². The van der Waals surface area contributed by atoms with E-state index in [0.717, 1.165) is 29.7 Å². The number of rotatable bonds is 4. The van der Waals surface area contributed by atoms with E-state index >= 15 is 0 Å². The van der Waals surface area contributed by atoms with Crippen LogP contribution in [0.15, 0.2) is 54.6 Å². The number of nitrogens with zero attached hydrogens (tertiary/aromatic N) is 2. The van der Waals surface area contributed by atoms with Gasteiger partial charge in [0.2, 0.25) is 5.88 Å². The van der Waals surface area contributed by atoms with Crippen molar-refractivity contribution in [2.75, 3.05) is 7.11 Å². The van der Waals surface area contributed by atoms with Crippen LogP contribution in [0.25, 0.3) is 16.6 Å². The van der Waals surface area contributed by atoms with Crippen molar-refractivity contribution in [3.8, 4) is 11.6 Å². The molecule has 27 heavy (non-hydrogen) atoms. The molecular weight excluding hydrogens is 345 g/mol. The molecule has 2 aliphatic carbocycles. The number of ether oxygens (including phenoxy) is 2. The maximum absolute atomic E-state index is 13.4. The van der Waals surface area contributed by atoms with E-state index in [1.54, 1.807) is 19.2 Å². The van der Waals surface area contributed by atoms with Crippen molar-refractivity contribution >= 4 is 16.6 Å². The van der Waals surface area contributed by atoms with Gasteiger partial charge in [-0.05, 0) is 48.6 Å². The molecule has 1 saturated carbocycles. The summed E-state index contributed by atoms with van der Waals surface area (Å²) in [6.45, 7) is 0. The molecule has 2 unspecified atom stereocenters. The summed E-state index contributed by atoms with van der Waals surface area (Å²) in [6, 6.07) is 8.01. The Labute approximate surface area is 155 Å². The quantitative estimate of drug-likeness (QED) is 0.720. The second-order valence-corrected chi connectivity index (χ2v) is 6.90. The van der Waals surface area contributed by atoms with E-state index < -0.39 is 0 Å². The lowest BCUT2D eigenvalue weighted by atomic mass is 10.1. The van der Waals surface area contributed by atoms with E-state index in [0.29, 0.717) is 29.1 Å². The molecule has 0 bridgehead atoms. The Bertz CT molecular complexity index is 1090. The molecule has 136 valence electrons. The Balaban J connectivity index is 1.50. The minimum absolute atomic E-state index is 0.351. The van der Waals surface area contributed by atoms with E-state index in [4.69, 9.17) is 9.47 Å². The topological polar surface area (TPSA) is 60.0 Å². The third kappa shape index (κ3) is 2.97. The number of hydrogen-bond donors (Lipinski definition) is 1. The fraction of sp³-hybridized carbons (Fsp3) is 0.238. The number of benzene rings is 1. The van der Waals surface area contributed by atoms with Crippen molar-refractivity contribution in [1.29, 1.82) is 0 Å². The number of H-pyrrole nitrogens is 1. The summed E-state index contributed by atoms with van der Waals surface area (Å²) in [5.41, 5.74) is 2.90. The van der Waals surface area contributed by atoms with E-state index in [1.165, 1.54) is 24.0 Å². The first-order chi connectivity index (χ1) is 13.2. The standard InChI is InChI=1S/C21H18FN3O2/c1-26-19-6-5-12(7-13-8-16(13)19)18-10-17-20(25-18)23-11-24-21(17)27-15-4-2-3-14(22)9-15/h2-4,6-7,9-11,13,16H,5,8H2,1H3,(H,23,24,25). The number of nitrogens with one attached hydrogen (secondary N) is 1. The molecule has 1 fully saturated rings. The maximum atomic E-state index is 13.4. The van der Waals surface area contributed by atoms with Gasteiger partial charge in [0.05, 0.1) is 18.3 Å².